The molecule has 30 heavy (non-hydrogen) atoms. The van der Waals surface area contributed by atoms with E-state index in [0.29, 0.717) is 5.56 Å². The molecule has 0 aliphatic heterocycles. The molecule has 0 aliphatic rings. The van der Waals surface area contributed by atoms with Gasteiger partial charge in [-0.2, -0.15) is 0 Å². The maximum Gasteiger partial charge on any atom is 0.319 e. The number of carbonyl (C=O) groups is 1. The van der Waals surface area contributed by atoms with Crippen LogP contribution in [0.5, 0.6) is 0 Å². The number of esters is 1. The standard InChI is InChI=1S/C24H23NO5/c1-2-24(19-13-7-4-8-14-19,23(27)30-17-18-11-5-3-6-12-18)22(26)20-15-9-10-16-21(20)25(28)29/h3-16,22,26H,2,17H2,1H3/t22-,24+/m1/s1. The van der Waals surface area contributed by atoms with Crippen LogP contribution in [-0.2, 0) is 21.6 Å². The van der Waals surface area contributed by atoms with Crippen molar-refractivity contribution >= 4 is 11.7 Å². The molecule has 3 aromatic rings. The van der Waals surface area contributed by atoms with Gasteiger partial charge in [0, 0.05) is 6.07 Å². The Hall–Kier alpha value is -3.51. The van der Waals surface area contributed by atoms with Crippen molar-refractivity contribution in [1.29, 1.82) is 0 Å². The Morgan fingerprint density at radius 3 is 2.17 bits per heavy atom. The number of benzene rings is 3. The van der Waals surface area contributed by atoms with Gasteiger partial charge in [0.2, 0.25) is 0 Å². The molecule has 1 N–H and O–H groups in total. The van der Waals surface area contributed by atoms with E-state index in [1.54, 1.807) is 43.3 Å². The lowest BCUT2D eigenvalue weighted by atomic mass is 9.71. The molecule has 0 spiro atoms. The lowest BCUT2D eigenvalue weighted by Crippen LogP contribution is -2.43. The molecule has 154 valence electrons. The van der Waals surface area contributed by atoms with E-state index in [2.05, 4.69) is 0 Å². The SMILES string of the molecule is CC[C@](C(=O)OCc1ccccc1)(c1ccccc1)[C@H](O)c1ccccc1[N+](=O)[O-]. The van der Waals surface area contributed by atoms with Crippen molar-refractivity contribution in [2.45, 2.75) is 31.5 Å². The Balaban J connectivity index is 2.06. The molecule has 0 bridgehead atoms. The van der Waals surface area contributed by atoms with Crippen molar-refractivity contribution in [3.63, 3.8) is 0 Å². The first kappa shape index (κ1) is 21.2. The van der Waals surface area contributed by atoms with Crippen LogP contribution in [0.4, 0.5) is 5.69 Å². The highest BCUT2D eigenvalue weighted by Gasteiger charge is 2.49. The summed E-state index contributed by atoms with van der Waals surface area (Å²) in [5.41, 5.74) is -0.318. The number of para-hydroxylation sites is 1. The van der Waals surface area contributed by atoms with Crippen molar-refractivity contribution in [3.8, 4) is 0 Å². The largest absolute Gasteiger partial charge is 0.460 e. The average Bonchev–Trinajstić information content (AvgIpc) is 2.79. The lowest BCUT2D eigenvalue weighted by Gasteiger charge is -2.35. The summed E-state index contributed by atoms with van der Waals surface area (Å²) in [7, 11) is 0. The summed E-state index contributed by atoms with van der Waals surface area (Å²) in [6.07, 6.45) is -1.27. The molecule has 0 amide bonds. The van der Waals surface area contributed by atoms with Gasteiger partial charge >= 0.3 is 5.97 Å². The zero-order valence-electron chi connectivity index (χ0n) is 16.6. The summed E-state index contributed by atoms with van der Waals surface area (Å²) >= 11 is 0. The number of aliphatic hydroxyl groups excluding tert-OH is 1. The minimum Gasteiger partial charge on any atom is -0.460 e. The maximum absolute atomic E-state index is 13.4. The first-order valence-electron chi connectivity index (χ1n) is 9.68. The van der Waals surface area contributed by atoms with Crippen LogP contribution in [0.3, 0.4) is 0 Å². The van der Waals surface area contributed by atoms with E-state index in [1.165, 1.54) is 18.2 Å². The van der Waals surface area contributed by atoms with E-state index >= 15 is 0 Å². The number of nitro benzene ring substituents is 1. The Kier molecular flexibility index (Phi) is 6.59. The number of hydrogen-bond donors (Lipinski definition) is 1. The van der Waals surface area contributed by atoms with E-state index in [4.69, 9.17) is 4.74 Å². The van der Waals surface area contributed by atoms with Gasteiger partial charge in [-0.1, -0.05) is 79.7 Å². The van der Waals surface area contributed by atoms with Crippen LogP contribution in [0.1, 0.15) is 36.1 Å². The fourth-order valence-electron chi connectivity index (χ4n) is 3.67. The third kappa shape index (κ3) is 4.09. The van der Waals surface area contributed by atoms with Gasteiger partial charge in [0.15, 0.2) is 0 Å². The number of aliphatic hydroxyl groups is 1. The van der Waals surface area contributed by atoms with Crippen LogP contribution >= 0.6 is 0 Å². The molecular formula is C24H23NO5. The summed E-state index contributed by atoms with van der Waals surface area (Å²) in [5, 5.41) is 22.9. The Morgan fingerprint density at radius 2 is 1.57 bits per heavy atom. The molecule has 3 rings (SSSR count). The maximum atomic E-state index is 13.4. The van der Waals surface area contributed by atoms with Gasteiger partial charge in [0.1, 0.15) is 18.1 Å². The molecule has 0 radical (unpaired) electrons. The zero-order chi connectivity index (χ0) is 21.6. The van der Waals surface area contributed by atoms with Gasteiger partial charge < -0.3 is 9.84 Å². The highest BCUT2D eigenvalue weighted by Crippen LogP contribution is 2.44. The molecule has 6 nitrogen and oxygen atoms in total. The summed E-state index contributed by atoms with van der Waals surface area (Å²) in [5.74, 6) is -0.634. The van der Waals surface area contributed by atoms with E-state index < -0.39 is 22.4 Å². The van der Waals surface area contributed by atoms with Crippen LogP contribution in [0.2, 0.25) is 0 Å². The number of nitrogens with zero attached hydrogens (tertiary/aromatic N) is 1. The molecule has 2 atom stereocenters. The van der Waals surface area contributed by atoms with Crippen LogP contribution in [0, 0.1) is 10.1 Å². The molecule has 0 aliphatic carbocycles. The Labute approximate surface area is 174 Å². The van der Waals surface area contributed by atoms with Crippen molar-refractivity contribution in [2.24, 2.45) is 0 Å². The quantitative estimate of drug-likeness (QED) is 0.333. The van der Waals surface area contributed by atoms with Crippen LogP contribution in [0.25, 0.3) is 0 Å². The number of nitro groups is 1. The summed E-state index contributed by atoms with van der Waals surface area (Å²) in [6, 6.07) is 23.9. The highest BCUT2D eigenvalue weighted by atomic mass is 16.6. The number of hydrogen-bond acceptors (Lipinski definition) is 5. The topological polar surface area (TPSA) is 89.7 Å². The molecular weight excluding hydrogens is 382 g/mol. The van der Waals surface area contributed by atoms with Crippen molar-refractivity contribution in [2.75, 3.05) is 0 Å². The zero-order valence-corrected chi connectivity index (χ0v) is 16.6. The highest BCUT2D eigenvalue weighted by molar-refractivity contribution is 5.84. The Bertz CT molecular complexity index is 1010. The average molecular weight is 405 g/mol. The summed E-state index contributed by atoms with van der Waals surface area (Å²) in [6.45, 7) is 1.80. The minimum absolute atomic E-state index is 0.0395. The fourth-order valence-corrected chi connectivity index (χ4v) is 3.67. The first-order valence-corrected chi connectivity index (χ1v) is 9.68. The van der Waals surface area contributed by atoms with Gasteiger partial charge in [0.05, 0.1) is 10.5 Å². The van der Waals surface area contributed by atoms with E-state index in [0.717, 1.165) is 5.56 Å². The van der Waals surface area contributed by atoms with Gasteiger partial charge in [-0.25, -0.2) is 0 Å². The lowest BCUT2D eigenvalue weighted by molar-refractivity contribution is -0.386. The van der Waals surface area contributed by atoms with Gasteiger partial charge in [-0.3, -0.25) is 14.9 Å². The predicted octanol–water partition coefficient (Wildman–Crippen LogP) is 4.72. The van der Waals surface area contributed by atoms with Crippen molar-refractivity contribution in [1.82, 2.24) is 0 Å². The second-order valence-electron chi connectivity index (χ2n) is 6.97. The van der Waals surface area contributed by atoms with Crippen molar-refractivity contribution < 1.29 is 19.6 Å². The molecule has 6 heteroatoms. The van der Waals surface area contributed by atoms with Crippen LogP contribution < -0.4 is 0 Å². The molecule has 0 aromatic heterocycles. The second-order valence-corrected chi connectivity index (χ2v) is 6.97. The number of ether oxygens (including phenoxy) is 1. The van der Waals surface area contributed by atoms with Crippen LogP contribution in [0.15, 0.2) is 84.9 Å². The van der Waals surface area contributed by atoms with Gasteiger partial charge in [-0.05, 0) is 23.6 Å². The molecule has 0 saturated heterocycles. The first-order chi connectivity index (χ1) is 14.5. The summed E-state index contributed by atoms with van der Waals surface area (Å²) in [4.78, 5) is 24.4. The van der Waals surface area contributed by atoms with Gasteiger partial charge in [-0.15, -0.1) is 0 Å². The molecule has 0 unspecified atom stereocenters. The molecule has 0 saturated carbocycles. The molecule has 3 aromatic carbocycles. The minimum atomic E-state index is -1.50. The number of carbonyl (C=O) groups excluding carboxylic acids is 1. The monoisotopic (exact) mass is 405 g/mol. The smallest absolute Gasteiger partial charge is 0.319 e. The third-order valence-corrected chi connectivity index (χ3v) is 5.32. The molecule has 0 fully saturated rings. The second kappa shape index (κ2) is 9.33. The van der Waals surface area contributed by atoms with Crippen LogP contribution in [-0.4, -0.2) is 16.0 Å². The van der Waals surface area contributed by atoms with Gasteiger partial charge in [0.25, 0.3) is 5.69 Å². The Morgan fingerprint density at radius 1 is 1.00 bits per heavy atom. The van der Waals surface area contributed by atoms with E-state index in [-0.39, 0.29) is 24.3 Å². The van der Waals surface area contributed by atoms with E-state index in [9.17, 15) is 20.0 Å². The number of rotatable bonds is 8. The summed E-state index contributed by atoms with van der Waals surface area (Å²) < 4.78 is 5.61. The van der Waals surface area contributed by atoms with Crippen molar-refractivity contribution in [3.05, 3.63) is 112 Å². The fraction of sp³-hybridized carbons (Fsp3) is 0.208. The van der Waals surface area contributed by atoms with E-state index in [1.807, 2.05) is 30.3 Å². The normalized spacial score (nSPS) is 13.8. The third-order valence-electron chi connectivity index (χ3n) is 5.32. The molecule has 0 heterocycles. The predicted molar refractivity (Wildman–Crippen MR) is 113 cm³/mol.